The number of amides is 1. The van der Waals surface area contributed by atoms with Crippen LogP contribution in [-0.4, -0.2) is 28.9 Å². The number of nitrogens with one attached hydrogen (secondary N) is 1. The zero-order valence-corrected chi connectivity index (χ0v) is 17.1. The molecule has 31 heavy (non-hydrogen) atoms. The van der Waals surface area contributed by atoms with Crippen LogP contribution in [0.4, 0.5) is 5.69 Å². The van der Waals surface area contributed by atoms with Crippen molar-refractivity contribution in [1.82, 2.24) is 9.78 Å². The minimum Gasteiger partial charge on any atom is -0.486 e. The molecule has 1 aliphatic carbocycles. The van der Waals surface area contributed by atoms with Crippen LogP contribution >= 0.6 is 0 Å². The van der Waals surface area contributed by atoms with Gasteiger partial charge in [0.05, 0.1) is 5.69 Å². The van der Waals surface area contributed by atoms with E-state index >= 15 is 0 Å². The van der Waals surface area contributed by atoms with E-state index in [4.69, 9.17) is 9.47 Å². The van der Waals surface area contributed by atoms with Gasteiger partial charge in [0.15, 0.2) is 11.5 Å². The first-order valence-corrected chi connectivity index (χ1v) is 10.6. The average molecular weight is 417 g/mol. The van der Waals surface area contributed by atoms with Gasteiger partial charge >= 0.3 is 0 Å². The van der Waals surface area contributed by atoms with Crippen LogP contribution in [0.5, 0.6) is 11.5 Å². The SMILES string of the molecule is O=C(Cn1nc(-c2ccc3c(c2)OCCO3)ccc1=O)Nc1cccc2c1CCCC2. The molecule has 0 unspecified atom stereocenters. The zero-order chi connectivity index (χ0) is 21.2. The van der Waals surface area contributed by atoms with Crippen molar-refractivity contribution in [3.05, 3.63) is 70.0 Å². The van der Waals surface area contributed by atoms with Crippen molar-refractivity contribution in [2.75, 3.05) is 18.5 Å². The second-order valence-electron chi connectivity index (χ2n) is 7.77. The molecular weight excluding hydrogens is 394 g/mol. The van der Waals surface area contributed by atoms with E-state index in [2.05, 4.69) is 16.5 Å². The van der Waals surface area contributed by atoms with E-state index in [9.17, 15) is 9.59 Å². The Morgan fingerprint density at radius 2 is 1.84 bits per heavy atom. The Hall–Kier alpha value is -3.61. The van der Waals surface area contributed by atoms with Gasteiger partial charge < -0.3 is 14.8 Å². The third kappa shape index (κ3) is 4.03. The molecular formula is C24H23N3O4. The minimum absolute atomic E-state index is 0.152. The summed E-state index contributed by atoms with van der Waals surface area (Å²) in [6, 6.07) is 14.6. The number of rotatable bonds is 4. The molecule has 5 rings (SSSR count). The number of nitrogens with zero attached hydrogens (tertiary/aromatic N) is 2. The van der Waals surface area contributed by atoms with E-state index in [1.54, 1.807) is 6.07 Å². The summed E-state index contributed by atoms with van der Waals surface area (Å²) >= 11 is 0. The van der Waals surface area contributed by atoms with Gasteiger partial charge in [0.25, 0.3) is 5.56 Å². The number of hydrogen-bond acceptors (Lipinski definition) is 5. The normalized spacial score (nSPS) is 14.6. The van der Waals surface area contributed by atoms with Crippen LogP contribution in [0.25, 0.3) is 11.3 Å². The van der Waals surface area contributed by atoms with Gasteiger partial charge in [0, 0.05) is 17.3 Å². The number of aryl methyl sites for hydroxylation is 1. The van der Waals surface area contributed by atoms with E-state index in [-0.39, 0.29) is 18.0 Å². The first-order valence-electron chi connectivity index (χ1n) is 10.6. The number of carbonyl (C=O) groups excluding carboxylic acids is 1. The van der Waals surface area contributed by atoms with Gasteiger partial charge in [-0.2, -0.15) is 5.10 Å². The van der Waals surface area contributed by atoms with Gasteiger partial charge in [-0.25, -0.2) is 4.68 Å². The van der Waals surface area contributed by atoms with Crippen molar-refractivity contribution in [2.45, 2.75) is 32.2 Å². The first-order chi connectivity index (χ1) is 15.2. The van der Waals surface area contributed by atoms with Gasteiger partial charge in [-0.05, 0) is 67.1 Å². The quantitative estimate of drug-likeness (QED) is 0.705. The van der Waals surface area contributed by atoms with Gasteiger partial charge in [-0.1, -0.05) is 12.1 Å². The fraction of sp³-hybridized carbons (Fsp3) is 0.292. The van der Waals surface area contributed by atoms with E-state index in [1.165, 1.54) is 28.3 Å². The fourth-order valence-corrected chi connectivity index (χ4v) is 4.14. The van der Waals surface area contributed by atoms with Crippen LogP contribution in [0, 0.1) is 0 Å². The molecule has 0 fully saturated rings. The highest BCUT2D eigenvalue weighted by Gasteiger charge is 2.16. The molecule has 1 aliphatic heterocycles. The summed E-state index contributed by atoms with van der Waals surface area (Å²) in [4.78, 5) is 25.0. The number of hydrogen-bond donors (Lipinski definition) is 1. The zero-order valence-electron chi connectivity index (χ0n) is 17.1. The van der Waals surface area contributed by atoms with Crippen molar-refractivity contribution in [1.29, 1.82) is 0 Å². The van der Waals surface area contributed by atoms with Gasteiger partial charge in [0.2, 0.25) is 5.91 Å². The molecule has 2 aromatic carbocycles. The fourth-order valence-electron chi connectivity index (χ4n) is 4.14. The second kappa shape index (κ2) is 8.26. The number of fused-ring (bicyclic) bond motifs is 2. The second-order valence-corrected chi connectivity index (χ2v) is 7.77. The lowest BCUT2D eigenvalue weighted by Gasteiger charge is -2.20. The Morgan fingerprint density at radius 3 is 2.74 bits per heavy atom. The summed E-state index contributed by atoms with van der Waals surface area (Å²) in [5.41, 5.74) is 4.37. The molecule has 1 amide bonds. The minimum atomic E-state index is -0.327. The smallest absolute Gasteiger partial charge is 0.267 e. The molecule has 0 saturated carbocycles. The van der Waals surface area contributed by atoms with E-state index in [1.807, 2.05) is 30.3 Å². The van der Waals surface area contributed by atoms with Gasteiger partial charge in [0.1, 0.15) is 19.8 Å². The van der Waals surface area contributed by atoms with E-state index in [0.29, 0.717) is 30.4 Å². The van der Waals surface area contributed by atoms with Crippen LogP contribution in [-0.2, 0) is 24.2 Å². The maximum Gasteiger partial charge on any atom is 0.267 e. The lowest BCUT2D eigenvalue weighted by molar-refractivity contribution is -0.117. The first kappa shape index (κ1) is 19.4. The van der Waals surface area contributed by atoms with Crippen molar-refractivity contribution in [2.24, 2.45) is 0 Å². The molecule has 0 bridgehead atoms. The molecule has 0 saturated heterocycles. The molecule has 158 valence electrons. The van der Waals surface area contributed by atoms with Crippen LogP contribution in [0.3, 0.4) is 0 Å². The van der Waals surface area contributed by atoms with Crippen molar-refractivity contribution in [3.63, 3.8) is 0 Å². The van der Waals surface area contributed by atoms with Crippen molar-refractivity contribution in [3.8, 4) is 22.8 Å². The predicted octanol–water partition coefficient (Wildman–Crippen LogP) is 3.20. The van der Waals surface area contributed by atoms with Crippen LogP contribution < -0.4 is 20.3 Å². The molecule has 2 aliphatic rings. The molecule has 0 atom stereocenters. The predicted molar refractivity (Wildman–Crippen MR) is 117 cm³/mol. The number of aromatic nitrogens is 2. The Bertz CT molecular complexity index is 1200. The van der Waals surface area contributed by atoms with E-state index in [0.717, 1.165) is 30.5 Å². The number of ether oxygens (including phenoxy) is 2. The largest absolute Gasteiger partial charge is 0.486 e. The number of benzene rings is 2. The van der Waals surface area contributed by atoms with Crippen LogP contribution in [0.15, 0.2) is 53.3 Å². The average Bonchev–Trinajstić information content (AvgIpc) is 2.80. The molecule has 1 aromatic heterocycles. The van der Waals surface area contributed by atoms with Gasteiger partial charge in [-0.15, -0.1) is 0 Å². The highest BCUT2D eigenvalue weighted by Crippen LogP contribution is 2.33. The Balaban J connectivity index is 1.37. The van der Waals surface area contributed by atoms with Gasteiger partial charge in [-0.3, -0.25) is 9.59 Å². The molecule has 0 radical (unpaired) electrons. The third-order valence-corrected chi connectivity index (χ3v) is 5.67. The lowest BCUT2D eigenvalue weighted by Crippen LogP contribution is -2.29. The highest BCUT2D eigenvalue weighted by atomic mass is 16.6. The van der Waals surface area contributed by atoms with Crippen LogP contribution in [0.1, 0.15) is 24.0 Å². The monoisotopic (exact) mass is 417 g/mol. The van der Waals surface area contributed by atoms with Crippen LogP contribution in [0.2, 0.25) is 0 Å². The van der Waals surface area contributed by atoms with Crippen molar-refractivity contribution >= 4 is 11.6 Å². The lowest BCUT2D eigenvalue weighted by atomic mass is 9.90. The molecule has 0 spiro atoms. The summed E-state index contributed by atoms with van der Waals surface area (Å²) in [6.45, 7) is 0.864. The summed E-state index contributed by atoms with van der Waals surface area (Å²) in [6.07, 6.45) is 4.30. The molecule has 7 heteroatoms. The summed E-state index contributed by atoms with van der Waals surface area (Å²) < 4.78 is 12.4. The summed E-state index contributed by atoms with van der Waals surface area (Å²) in [5.74, 6) is 1.07. The number of anilines is 1. The van der Waals surface area contributed by atoms with E-state index < -0.39 is 0 Å². The maximum atomic E-state index is 12.7. The topological polar surface area (TPSA) is 82.5 Å². The Morgan fingerprint density at radius 1 is 1.00 bits per heavy atom. The Labute approximate surface area is 179 Å². The third-order valence-electron chi connectivity index (χ3n) is 5.67. The maximum absolute atomic E-state index is 12.7. The summed E-state index contributed by atoms with van der Waals surface area (Å²) in [7, 11) is 0. The number of carbonyl (C=O) groups is 1. The summed E-state index contributed by atoms with van der Waals surface area (Å²) in [5, 5.41) is 7.38. The highest BCUT2D eigenvalue weighted by molar-refractivity contribution is 5.91. The Kier molecular flexibility index (Phi) is 5.16. The molecule has 3 aromatic rings. The standard InChI is InChI=1S/C24H23N3O4/c28-23(25-20-7-3-5-16-4-1-2-6-18(16)20)15-27-24(29)11-9-19(26-27)17-8-10-21-22(14-17)31-13-12-30-21/h3,5,7-11,14H,1-2,4,6,12-13,15H2,(H,25,28). The molecule has 7 nitrogen and oxygen atoms in total. The molecule has 1 N–H and O–H groups in total. The molecule has 2 heterocycles. The van der Waals surface area contributed by atoms with Crippen molar-refractivity contribution < 1.29 is 14.3 Å².